The molecular formula is C41H36BrN7S. The fourth-order valence-corrected chi connectivity index (χ4v) is 8.36. The Labute approximate surface area is 304 Å². The monoisotopic (exact) mass is 737 g/mol. The van der Waals surface area contributed by atoms with E-state index in [1.54, 1.807) is 15.5 Å². The number of nitrogens with one attached hydrogen (secondary N) is 1. The minimum absolute atomic E-state index is 0.731. The summed E-state index contributed by atoms with van der Waals surface area (Å²) in [6, 6.07) is 44.8. The van der Waals surface area contributed by atoms with Crippen LogP contribution < -0.4 is 5.43 Å². The Kier molecular flexibility index (Phi) is 8.56. The van der Waals surface area contributed by atoms with E-state index in [2.05, 4.69) is 178 Å². The van der Waals surface area contributed by atoms with E-state index < -0.39 is 5.54 Å². The van der Waals surface area contributed by atoms with Crippen LogP contribution in [0.5, 0.6) is 0 Å². The molecule has 50 heavy (non-hydrogen) atoms. The summed E-state index contributed by atoms with van der Waals surface area (Å²) in [7, 11) is 0. The number of rotatable bonds is 9. The van der Waals surface area contributed by atoms with Gasteiger partial charge in [0.05, 0.1) is 22.7 Å². The standard InChI is InChI=1S/C41H36BrN7S/c1-4-37-44-38-28(2)24-29(3)43-40(38)47(37)26-30-20-22-31(23-21-30)36-25-32(27-50-36)39-45-48(49(42)46-39)41(33-14-8-5-9-15-33,34-16-10-6-11-17-34)35-18-12-7-13-19-35/h5-25,27H,4,26H2,1-3H3,(H,45,46). The van der Waals surface area contributed by atoms with Gasteiger partial charge in [-0.15, -0.1) is 20.6 Å². The van der Waals surface area contributed by atoms with Crippen LogP contribution in [0.4, 0.5) is 0 Å². The van der Waals surface area contributed by atoms with Gasteiger partial charge in [0.1, 0.15) is 16.9 Å². The molecule has 7 aromatic rings. The lowest BCUT2D eigenvalue weighted by atomic mass is 9.77. The number of hydrazine groups is 2. The summed E-state index contributed by atoms with van der Waals surface area (Å²) in [4.78, 5) is 11.0. The summed E-state index contributed by atoms with van der Waals surface area (Å²) < 4.78 is 4.00. The van der Waals surface area contributed by atoms with Gasteiger partial charge in [-0.2, -0.15) is 0 Å². The molecule has 3 aromatic heterocycles. The van der Waals surface area contributed by atoms with E-state index in [-0.39, 0.29) is 0 Å². The minimum atomic E-state index is -0.738. The number of benzene rings is 4. The number of thiophene rings is 1. The SMILES string of the molecule is CCc1nc2c(C)cc(C)nc2n1Cc1ccc(-c2cc(C3=NN(Br)N(C(c4ccccc4)(c4ccccc4)c4ccccc4)N3)cs2)cc1. The first-order chi connectivity index (χ1) is 24.4. The summed E-state index contributed by atoms with van der Waals surface area (Å²) in [5.41, 5.74) is 13.8. The molecule has 8 rings (SSSR count). The second-order valence-corrected chi connectivity index (χ2v) is 14.1. The Morgan fingerprint density at radius 3 is 1.92 bits per heavy atom. The second-order valence-electron chi connectivity index (χ2n) is 12.5. The summed E-state index contributed by atoms with van der Waals surface area (Å²) in [5, 5.41) is 9.20. The van der Waals surface area contributed by atoms with E-state index in [4.69, 9.17) is 15.1 Å². The maximum atomic E-state index is 4.97. The molecule has 0 unspecified atom stereocenters. The number of hydrogen-bond acceptors (Lipinski definition) is 7. The Balaban J connectivity index is 1.09. The van der Waals surface area contributed by atoms with Crippen molar-refractivity contribution in [2.24, 2.45) is 5.10 Å². The average molecular weight is 739 g/mol. The molecule has 248 valence electrons. The third kappa shape index (κ3) is 5.61. The number of pyridine rings is 1. The molecule has 0 radical (unpaired) electrons. The number of imidazole rings is 1. The summed E-state index contributed by atoms with van der Waals surface area (Å²) >= 11 is 5.50. The number of amidine groups is 1. The van der Waals surface area contributed by atoms with Crippen molar-refractivity contribution in [2.75, 3.05) is 0 Å². The fourth-order valence-electron chi connectivity index (χ4n) is 6.98. The minimum Gasteiger partial charge on any atom is -0.308 e. The largest absolute Gasteiger partial charge is 0.308 e. The topological polar surface area (TPSA) is 61.6 Å². The van der Waals surface area contributed by atoms with Crippen molar-refractivity contribution in [1.29, 1.82) is 0 Å². The molecule has 0 atom stereocenters. The Bertz CT molecular complexity index is 2200. The maximum Gasteiger partial charge on any atom is 0.172 e. The average Bonchev–Trinajstić information content (AvgIpc) is 3.89. The van der Waals surface area contributed by atoms with Crippen molar-refractivity contribution < 1.29 is 0 Å². The molecule has 1 aliphatic heterocycles. The van der Waals surface area contributed by atoms with Gasteiger partial charge in [-0.1, -0.05) is 127 Å². The lowest BCUT2D eigenvalue weighted by molar-refractivity contribution is -0.00713. The van der Waals surface area contributed by atoms with E-state index in [1.165, 1.54) is 21.6 Å². The van der Waals surface area contributed by atoms with Crippen molar-refractivity contribution in [3.8, 4) is 10.4 Å². The fraction of sp³-hybridized carbons (Fsp3) is 0.146. The number of hydrogen-bond donors (Lipinski definition) is 1. The molecule has 9 heteroatoms. The van der Waals surface area contributed by atoms with Gasteiger partial charge < -0.3 is 4.57 Å². The van der Waals surface area contributed by atoms with Gasteiger partial charge in [0.2, 0.25) is 0 Å². The predicted octanol–water partition coefficient (Wildman–Crippen LogP) is 9.39. The lowest BCUT2D eigenvalue weighted by Crippen LogP contribution is -2.56. The maximum absolute atomic E-state index is 4.97. The van der Waals surface area contributed by atoms with Gasteiger partial charge >= 0.3 is 0 Å². The summed E-state index contributed by atoms with van der Waals surface area (Å²) in [6.45, 7) is 7.05. The van der Waals surface area contributed by atoms with Crippen LogP contribution in [0, 0.1) is 13.8 Å². The van der Waals surface area contributed by atoms with Crippen LogP contribution in [0.1, 0.15) is 51.8 Å². The number of aryl methyl sites for hydroxylation is 3. The third-order valence-electron chi connectivity index (χ3n) is 9.32. The summed E-state index contributed by atoms with van der Waals surface area (Å²) in [5.74, 6) is 1.81. The molecule has 0 fully saturated rings. The molecule has 0 saturated carbocycles. The highest BCUT2D eigenvalue weighted by molar-refractivity contribution is 9.07. The zero-order chi connectivity index (χ0) is 34.2. The van der Waals surface area contributed by atoms with Gasteiger partial charge in [-0.05, 0) is 59.4 Å². The van der Waals surface area contributed by atoms with Crippen molar-refractivity contribution in [3.63, 3.8) is 0 Å². The van der Waals surface area contributed by atoms with Gasteiger partial charge in [-0.25, -0.2) is 9.97 Å². The molecule has 0 bridgehead atoms. The first-order valence-corrected chi connectivity index (χ1v) is 18.3. The Morgan fingerprint density at radius 1 is 0.740 bits per heavy atom. The highest BCUT2D eigenvalue weighted by Crippen LogP contribution is 2.44. The van der Waals surface area contributed by atoms with Crippen molar-refractivity contribution in [1.82, 2.24) is 29.2 Å². The zero-order valence-corrected chi connectivity index (χ0v) is 30.5. The Morgan fingerprint density at radius 2 is 1.34 bits per heavy atom. The zero-order valence-electron chi connectivity index (χ0n) is 28.1. The number of aromatic nitrogens is 3. The van der Waals surface area contributed by atoms with Crippen LogP contribution in [-0.4, -0.2) is 29.6 Å². The molecule has 1 N–H and O–H groups in total. The smallest absolute Gasteiger partial charge is 0.172 e. The van der Waals surface area contributed by atoms with E-state index in [1.807, 2.05) is 6.92 Å². The van der Waals surface area contributed by atoms with Gasteiger partial charge in [-0.3, -0.25) is 5.43 Å². The van der Waals surface area contributed by atoms with Crippen molar-refractivity contribution in [3.05, 3.63) is 178 Å². The van der Waals surface area contributed by atoms with Crippen LogP contribution in [0.25, 0.3) is 21.6 Å². The molecule has 0 aliphatic carbocycles. The van der Waals surface area contributed by atoms with E-state index >= 15 is 0 Å². The second kappa shape index (κ2) is 13.3. The molecule has 0 spiro atoms. The highest BCUT2D eigenvalue weighted by Gasteiger charge is 2.48. The van der Waals surface area contributed by atoms with Gasteiger partial charge in [0, 0.05) is 27.9 Å². The van der Waals surface area contributed by atoms with Crippen molar-refractivity contribution in [2.45, 2.75) is 39.3 Å². The molecule has 4 heterocycles. The van der Waals surface area contributed by atoms with Crippen LogP contribution >= 0.6 is 27.5 Å². The third-order valence-corrected chi connectivity index (χ3v) is 10.8. The number of fused-ring (bicyclic) bond motifs is 1. The van der Waals surface area contributed by atoms with Crippen LogP contribution in [0.15, 0.2) is 138 Å². The first-order valence-electron chi connectivity index (χ1n) is 16.7. The highest BCUT2D eigenvalue weighted by atomic mass is 79.9. The predicted molar refractivity (Wildman–Crippen MR) is 207 cm³/mol. The Hall–Kier alpha value is -5.09. The molecule has 7 nitrogen and oxygen atoms in total. The number of nitrogens with zero attached hydrogens (tertiary/aromatic N) is 6. The van der Waals surface area contributed by atoms with Crippen LogP contribution in [-0.2, 0) is 18.5 Å². The summed E-state index contributed by atoms with van der Waals surface area (Å²) in [6.07, 6.45) is 0.856. The van der Waals surface area contributed by atoms with E-state index in [0.29, 0.717) is 0 Å². The first kappa shape index (κ1) is 32.1. The van der Waals surface area contributed by atoms with E-state index in [9.17, 15) is 0 Å². The van der Waals surface area contributed by atoms with Gasteiger partial charge in [0.15, 0.2) is 11.5 Å². The normalized spacial score (nSPS) is 13.5. The molecule has 0 amide bonds. The lowest BCUT2D eigenvalue weighted by Gasteiger charge is -2.43. The number of halogens is 1. The molecular weight excluding hydrogens is 702 g/mol. The van der Waals surface area contributed by atoms with Gasteiger partial charge in [0.25, 0.3) is 0 Å². The van der Waals surface area contributed by atoms with Crippen LogP contribution in [0.3, 0.4) is 0 Å². The number of hydrazone groups is 1. The molecule has 4 aromatic carbocycles. The molecule has 0 saturated heterocycles. The van der Waals surface area contributed by atoms with E-state index in [0.717, 1.165) is 63.7 Å². The molecule has 1 aliphatic rings. The van der Waals surface area contributed by atoms with Crippen LogP contribution in [0.2, 0.25) is 0 Å². The van der Waals surface area contributed by atoms with Crippen molar-refractivity contribution >= 4 is 44.5 Å². The quantitative estimate of drug-likeness (QED) is 0.118.